The monoisotopic (exact) mass is 248 g/mol. The molecule has 2 aliphatic rings. The summed E-state index contributed by atoms with van der Waals surface area (Å²) >= 11 is 0. The lowest BCUT2D eigenvalue weighted by Crippen LogP contribution is -2.21. The number of fused-ring (bicyclic) bond motifs is 3. The number of halogens is 4. The van der Waals surface area contributed by atoms with Gasteiger partial charge in [-0.25, -0.2) is 8.78 Å². The van der Waals surface area contributed by atoms with Gasteiger partial charge in [0, 0.05) is 17.5 Å². The van der Waals surface area contributed by atoms with Crippen LogP contribution in [-0.2, 0) is 5.92 Å². The van der Waals surface area contributed by atoms with Gasteiger partial charge in [-0.3, -0.25) is 4.68 Å². The second-order valence-electron chi connectivity index (χ2n) is 5.06. The SMILES string of the molecule is CC(C)n1nc(C(F)F)c2c1C(F)(F)[C@H]1C[C@@H]21. The molecule has 2 aliphatic carbocycles. The van der Waals surface area contributed by atoms with Crippen LogP contribution in [-0.4, -0.2) is 9.78 Å². The average Bonchev–Trinajstić information content (AvgIpc) is 2.83. The summed E-state index contributed by atoms with van der Waals surface area (Å²) in [4.78, 5) is 0. The summed E-state index contributed by atoms with van der Waals surface area (Å²) in [6.07, 6.45) is -2.47. The molecule has 1 fully saturated rings. The number of rotatable bonds is 2. The Morgan fingerprint density at radius 1 is 1.35 bits per heavy atom. The molecule has 0 saturated heterocycles. The maximum absolute atomic E-state index is 14.0. The molecule has 0 aliphatic heterocycles. The first-order valence-corrected chi connectivity index (χ1v) is 5.64. The van der Waals surface area contributed by atoms with Crippen molar-refractivity contribution in [2.24, 2.45) is 5.92 Å². The first-order chi connectivity index (χ1) is 7.85. The van der Waals surface area contributed by atoms with Gasteiger partial charge in [0.05, 0.1) is 0 Å². The van der Waals surface area contributed by atoms with Gasteiger partial charge in [0.2, 0.25) is 0 Å². The maximum Gasteiger partial charge on any atom is 0.293 e. The fraction of sp³-hybridized carbons (Fsp3) is 0.727. The normalized spacial score (nSPS) is 28.7. The molecule has 1 heterocycles. The van der Waals surface area contributed by atoms with Gasteiger partial charge in [-0.1, -0.05) is 0 Å². The van der Waals surface area contributed by atoms with Crippen molar-refractivity contribution in [3.8, 4) is 0 Å². The molecular weight excluding hydrogens is 236 g/mol. The van der Waals surface area contributed by atoms with Crippen molar-refractivity contribution in [3.63, 3.8) is 0 Å². The van der Waals surface area contributed by atoms with Crippen LogP contribution in [0.5, 0.6) is 0 Å². The van der Waals surface area contributed by atoms with Crippen molar-refractivity contribution in [1.29, 1.82) is 0 Å². The van der Waals surface area contributed by atoms with E-state index >= 15 is 0 Å². The minimum atomic E-state index is -3.00. The predicted octanol–water partition coefficient (Wildman–Crippen LogP) is 3.61. The van der Waals surface area contributed by atoms with Crippen LogP contribution in [0.15, 0.2) is 0 Å². The molecule has 0 N–H and O–H groups in total. The summed E-state index contributed by atoms with van der Waals surface area (Å²) < 4.78 is 54.6. The van der Waals surface area contributed by atoms with Crippen LogP contribution in [0.1, 0.15) is 55.6 Å². The zero-order valence-corrected chi connectivity index (χ0v) is 9.42. The molecule has 17 heavy (non-hydrogen) atoms. The summed E-state index contributed by atoms with van der Waals surface area (Å²) in [5, 5.41) is 3.69. The molecule has 6 heteroatoms. The highest BCUT2D eigenvalue weighted by Crippen LogP contribution is 2.68. The minimum absolute atomic E-state index is 0.115. The van der Waals surface area contributed by atoms with Crippen molar-refractivity contribution < 1.29 is 17.6 Å². The number of nitrogens with zero attached hydrogens (tertiary/aromatic N) is 2. The molecule has 2 atom stereocenters. The predicted molar refractivity (Wildman–Crippen MR) is 52.3 cm³/mol. The Morgan fingerprint density at radius 2 is 2.00 bits per heavy atom. The lowest BCUT2D eigenvalue weighted by atomic mass is 10.1. The second-order valence-corrected chi connectivity index (χ2v) is 5.06. The average molecular weight is 248 g/mol. The number of alkyl halides is 4. The van der Waals surface area contributed by atoms with E-state index < -0.39 is 29.9 Å². The molecule has 1 aromatic heterocycles. The molecule has 0 aromatic carbocycles. The van der Waals surface area contributed by atoms with Crippen molar-refractivity contribution >= 4 is 0 Å². The molecule has 3 rings (SSSR count). The standard InChI is InChI=1S/C11H12F4N2/c1-4(2)17-9-7(8(16-17)10(12)13)5-3-6(5)11(9,14)15/h4-6,10H,3H2,1-2H3/t5-,6+/m1/s1. The topological polar surface area (TPSA) is 17.8 Å². The first kappa shape index (κ1) is 11.0. The highest BCUT2D eigenvalue weighted by atomic mass is 19.3. The van der Waals surface area contributed by atoms with Crippen LogP contribution in [0.25, 0.3) is 0 Å². The van der Waals surface area contributed by atoms with Crippen LogP contribution < -0.4 is 0 Å². The van der Waals surface area contributed by atoms with Gasteiger partial charge in [0.15, 0.2) is 0 Å². The highest BCUT2D eigenvalue weighted by Gasteiger charge is 2.67. The summed E-state index contributed by atoms with van der Waals surface area (Å²) in [6.45, 7) is 3.34. The Kier molecular flexibility index (Phi) is 1.97. The molecule has 0 unspecified atom stereocenters. The van der Waals surface area contributed by atoms with E-state index in [2.05, 4.69) is 5.10 Å². The van der Waals surface area contributed by atoms with Gasteiger partial charge in [-0.15, -0.1) is 0 Å². The maximum atomic E-state index is 14.0. The van der Waals surface area contributed by atoms with Crippen LogP contribution in [0.3, 0.4) is 0 Å². The Bertz CT molecular complexity index is 478. The molecule has 1 saturated carbocycles. The van der Waals surface area contributed by atoms with Gasteiger partial charge in [0.25, 0.3) is 12.3 Å². The molecule has 0 radical (unpaired) electrons. The third-order valence-corrected chi connectivity index (χ3v) is 3.61. The van der Waals surface area contributed by atoms with Crippen molar-refractivity contribution in [3.05, 3.63) is 17.0 Å². The highest BCUT2D eigenvalue weighted by molar-refractivity contribution is 5.46. The first-order valence-electron chi connectivity index (χ1n) is 5.64. The van der Waals surface area contributed by atoms with E-state index in [1.54, 1.807) is 13.8 Å². The molecular formula is C11H12F4N2. The van der Waals surface area contributed by atoms with E-state index in [1.165, 1.54) is 0 Å². The zero-order valence-electron chi connectivity index (χ0n) is 9.42. The van der Waals surface area contributed by atoms with E-state index in [1.807, 2.05) is 0 Å². The van der Waals surface area contributed by atoms with Gasteiger partial charge in [-0.05, 0) is 26.2 Å². The summed E-state index contributed by atoms with van der Waals surface area (Å²) in [6, 6.07) is -0.334. The van der Waals surface area contributed by atoms with E-state index in [9.17, 15) is 17.6 Å². The van der Waals surface area contributed by atoms with Crippen LogP contribution in [0, 0.1) is 5.92 Å². The molecule has 2 nitrogen and oxygen atoms in total. The van der Waals surface area contributed by atoms with E-state index in [-0.39, 0.29) is 17.3 Å². The summed E-state index contributed by atoms with van der Waals surface area (Å²) in [5.74, 6) is -4.18. The molecule has 0 bridgehead atoms. The fourth-order valence-corrected chi connectivity index (χ4v) is 2.79. The van der Waals surface area contributed by atoms with E-state index in [0.29, 0.717) is 6.42 Å². The van der Waals surface area contributed by atoms with E-state index in [4.69, 9.17) is 0 Å². The largest absolute Gasteiger partial charge is 0.293 e. The van der Waals surface area contributed by atoms with Crippen molar-refractivity contribution in [1.82, 2.24) is 9.78 Å². The number of hydrogen-bond acceptors (Lipinski definition) is 1. The quantitative estimate of drug-likeness (QED) is 0.731. The third kappa shape index (κ3) is 1.24. The van der Waals surface area contributed by atoms with Crippen LogP contribution in [0.4, 0.5) is 17.6 Å². The van der Waals surface area contributed by atoms with Gasteiger partial charge in [0.1, 0.15) is 11.4 Å². The van der Waals surface area contributed by atoms with E-state index in [0.717, 1.165) is 4.68 Å². The minimum Gasteiger partial charge on any atom is -0.260 e. The lowest BCUT2D eigenvalue weighted by Gasteiger charge is -2.17. The van der Waals surface area contributed by atoms with Crippen LogP contribution >= 0.6 is 0 Å². The van der Waals surface area contributed by atoms with Gasteiger partial charge >= 0.3 is 0 Å². The fourth-order valence-electron chi connectivity index (χ4n) is 2.79. The summed E-state index contributed by atoms with van der Waals surface area (Å²) in [7, 11) is 0. The van der Waals surface area contributed by atoms with Gasteiger partial charge in [-0.2, -0.15) is 13.9 Å². The Labute approximate surface area is 95.6 Å². The van der Waals surface area contributed by atoms with Crippen LogP contribution in [0.2, 0.25) is 0 Å². The molecule has 94 valence electrons. The Balaban J connectivity index is 2.23. The zero-order chi connectivity index (χ0) is 12.5. The lowest BCUT2D eigenvalue weighted by molar-refractivity contribution is -0.0319. The smallest absolute Gasteiger partial charge is 0.260 e. The Morgan fingerprint density at radius 3 is 2.53 bits per heavy atom. The molecule has 0 spiro atoms. The molecule has 1 aromatic rings. The Hall–Kier alpha value is -1.07. The number of hydrogen-bond donors (Lipinski definition) is 0. The van der Waals surface area contributed by atoms with Gasteiger partial charge < -0.3 is 0 Å². The molecule has 0 amide bonds. The number of aromatic nitrogens is 2. The summed E-state index contributed by atoms with van der Waals surface area (Å²) in [5.41, 5.74) is -0.605. The van der Waals surface area contributed by atoms with Crippen molar-refractivity contribution in [2.75, 3.05) is 0 Å². The second kappa shape index (κ2) is 3.03. The third-order valence-electron chi connectivity index (χ3n) is 3.61. The van der Waals surface area contributed by atoms with Crippen molar-refractivity contribution in [2.45, 2.75) is 44.6 Å².